The van der Waals surface area contributed by atoms with Crippen molar-refractivity contribution < 1.29 is 0 Å². The van der Waals surface area contributed by atoms with Gasteiger partial charge < -0.3 is 10.6 Å². The van der Waals surface area contributed by atoms with E-state index in [4.69, 9.17) is 5.73 Å². The van der Waals surface area contributed by atoms with E-state index in [1.54, 1.807) is 6.33 Å². The van der Waals surface area contributed by atoms with Gasteiger partial charge in [-0.15, -0.1) is 0 Å². The highest BCUT2D eigenvalue weighted by molar-refractivity contribution is 5.67. The number of hydrogen-bond acceptors (Lipinski definition) is 4. The van der Waals surface area contributed by atoms with Gasteiger partial charge in [0.25, 0.3) is 0 Å². The molecule has 0 aliphatic heterocycles. The largest absolute Gasteiger partial charge is 0.397 e. The number of nitrogens with two attached hydrogens (primary N) is 1. The lowest BCUT2D eigenvalue weighted by Crippen LogP contribution is -2.26. The van der Waals surface area contributed by atoms with Crippen LogP contribution in [0.4, 0.5) is 11.4 Å². The van der Waals surface area contributed by atoms with Gasteiger partial charge in [0.2, 0.25) is 0 Å². The van der Waals surface area contributed by atoms with Crippen LogP contribution in [-0.2, 0) is 13.1 Å². The van der Waals surface area contributed by atoms with Crippen LogP contribution in [0.1, 0.15) is 26.6 Å². The molecule has 1 aromatic heterocycles. The third-order valence-electron chi connectivity index (χ3n) is 3.23. The Kier molecular flexibility index (Phi) is 4.61. The molecule has 0 saturated carbocycles. The van der Waals surface area contributed by atoms with Gasteiger partial charge in [0.1, 0.15) is 12.2 Å². The first-order valence-corrected chi connectivity index (χ1v) is 7.08. The lowest BCUT2D eigenvalue weighted by Gasteiger charge is -2.24. The fourth-order valence-electron chi connectivity index (χ4n) is 2.22. The number of hydrogen-bond donors (Lipinski definition) is 1. The minimum Gasteiger partial charge on any atom is -0.397 e. The maximum Gasteiger partial charge on any atom is 0.146 e. The molecule has 0 unspecified atom stereocenters. The van der Waals surface area contributed by atoms with Crippen LogP contribution in [0.25, 0.3) is 0 Å². The van der Waals surface area contributed by atoms with Gasteiger partial charge in [-0.1, -0.05) is 26.0 Å². The standard InChI is InChI=1S/C15H23N5/c1-4-19(14-8-6-5-7-13(14)16)10-15-17-11-18-20(15)9-12(2)3/h5-8,11-12H,4,9-10,16H2,1-3H3. The SMILES string of the molecule is CCN(Cc1ncnn1CC(C)C)c1ccccc1N. The summed E-state index contributed by atoms with van der Waals surface area (Å²) in [5.41, 5.74) is 7.91. The molecule has 0 fully saturated rings. The second kappa shape index (κ2) is 6.41. The Morgan fingerprint density at radius 3 is 2.70 bits per heavy atom. The lowest BCUT2D eigenvalue weighted by atomic mass is 10.2. The van der Waals surface area contributed by atoms with Crippen molar-refractivity contribution in [3.05, 3.63) is 36.4 Å². The number of aromatic nitrogens is 3. The van der Waals surface area contributed by atoms with Crippen molar-refractivity contribution in [2.24, 2.45) is 5.92 Å². The van der Waals surface area contributed by atoms with Crippen LogP contribution >= 0.6 is 0 Å². The molecule has 0 radical (unpaired) electrons. The average molecular weight is 273 g/mol. The molecule has 0 amide bonds. The van der Waals surface area contributed by atoms with E-state index in [-0.39, 0.29) is 0 Å². The Labute approximate surface area is 120 Å². The Morgan fingerprint density at radius 1 is 1.30 bits per heavy atom. The number of rotatable bonds is 6. The first-order chi connectivity index (χ1) is 9.61. The van der Waals surface area contributed by atoms with E-state index in [2.05, 4.69) is 35.8 Å². The highest BCUT2D eigenvalue weighted by Crippen LogP contribution is 2.23. The predicted molar refractivity (Wildman–Crippen MR) is 82.4 cm³/mol. The van der Waals surface area contributed by atoms with Gasteiger partial charge in [0.15, 0.2) is 0 Å². The minimum absolute atomic E-state index is 0.548. The van der Waals surface area contributed by atoms with E-state index in [1.165, 1.54) is 0 Å². The smallest absolute Gasteiger partial charge is 0.146 e. The molecule has 108 valence electrons. The zero-order valence-electron chi connectivity index (χ0n) is 12.5. The maximum atomic E-state index is 6.06. The topological polar surface area (TPSA) is 60.0 Å². The molecule has 0 spiro atoms. The molecule has 0 atom stereocenters. The van der Waals surface area contributed by atoms with E-state index in [1.807, 2.05) is 28.9 Å². The summed E-state index contributed by atoms with van der Waals surface area (Å²) in [6.07, 6.45) is 1.62. The Bertz CT molecular complexity index is 547. The van der Waals surface area contributed by atoms with Gasteiger partial charge in [0.05, 0.1) is 17.9 Å². The van der Waals surface area contributed by atoms with Crippen molar-refractivity contribution in [1.29, 1.82) is 0 Å². The van der Waals surface area contributed by atoms with Crippen LogP contribution in [0, 0.1) is 5.92 Å². The van der Waals surface area contributed by atoms with Crippen molar-refractivity contribution in [3.63, 3.8) is 0 Å². The first-order valence-electron chi connectivity index (χ1n) is 7.08. The summed E-state index contributed by atoms with van der Waals surface area (Å²) in [7, 11) is 0. The average Bonchev–Trinajstić information content (AvgIpc) is 2.83. The maximum absolute atomic E-state index is 6.06. The van der Waals surface area contributed by atoms with Crippen LogP contribution in [0.2, 0.25) is 0 Å². The molecule has 2 rings (SSSR count). The molecule has 5 nitrogen and oxygen atoms in total. The summed E-state index contributed by atoms with van der Waals surface area (Å²) in [6.45, 7) is 8.96. The summed E-state index contributed by atoms with van der Waals surface area (Å²) in [5.74, 6) is 1.52. The van der Waals surface area contributed by atoms with Gasteiger partial charge in [-0.3, -0.25) is 0 Å². The summed E-state index contributed by atoms with van der Waals surface area (Å²) in [6, 6.07) is 7.93. The molecule has 2 N–H and O–H groups in total. The fourth-order valence-corrected chi connectivity index (χ4v) is 2.22. The molecule has 1 aromatic carbocycles. The first kappa shape index (κ1) is 14.4. The molecule has 0 bridgehead atoms. The normalized spacial score (nSPS) is 11.0. The second-order valence-corrected chi connectivity index (χ2v) is 5.33. The van der Waals surface area contributed by atoms with Crippen molar-refractivity contribution in [2.45, 2.75) is 33.9 Å². The highest BCUT2D eigenvalue weighted by Gasteiger charge is 2.13. The van der Waals surface area contributed by atoms with Gasteiger partial charge in [0, 0.05) is 13.1 Å². The quantitative estimate of drug-likeness (QED) is 0.822. The van der Waals surface area contributed by atoms with E-state index in [0.717, 1.165) is 36.8 Å². The van der Waals surface area contributed by atoms with Crippen LogP contribution in [-0.4, -0.2) is 21.3 Å². The lowest BCUT2D eigenvalue weighted by molar-refractivity contribution is 0.464. The fraction of sp³-hybridized carbons (Fsp3) is 0.467. The molecule has 0 aliphatic carbocycles. The summed E-state index contributed by atoms with van der Waals surface area (Å²) < 4.78 is 1.98. The van der Waals surface area contributed by atoms with Crippen LogP contribution < -0.4 is 10.6 Å². The monoisotopic (exact) mass is 273 g/mol. The van der Waals surface area contributed by atoms with Crippen LogP contribution in [0.15, 0.2) is 30.6 Å². The number of para-hydroxylation sites is 2. The minimum atomic E-state index is 0.548. The molecule has 5 heteroatoms. The Hall–Kier alpha value is -2.04. The Balaban J connectivity index is 2.19. The van der Waals surface area contributed by atoms with Gasteiger partial charge in [-0.05, 0) is 25.0 Å². The van der Waals surface area contributed by atoms with Crippen molar-refractivity contribution in [3.8, 4) is 0 Å². The van der Waals surface area contributed by atoms with Crippen LogP contribution in [0.3, 0.4) is 0 Å². The zero-order valence-corrected chi connectivity index (χ0v) is 12.5. The van der Waals surface area contributed by atoms with E-state index in [9.17, 15) is 0 Å². The number of benzene rings is 1. The molecular formula is C15H23N5. The van der Waals surface area contributed by atoms with Crippen molar-refractivity contribution in [1.82, 2.24) is 14.8 Å². The summed E-state index contributed by atoms with van der Waals surface area (Å²) in [5, 5.41) is 4.31. The third-order valence-corrected chi connectivity index (χ3v) is 3.23. The van der Waals surface area contributed by atoms with E-state index >= 15 is 0 Å². The second-order valence-electron chi connectivity index (χ2n) is 5.33. The van der Waals surface area contributed by atoms with Crippen molar-refractivity contribution >= 4 is 11.4 Å². The molecule has 20 heavy (non-hydrogen) atoms. The van der Waals surface area contributed by atoms with Gasteiger partial charge in [-0.25, -0.2) is 9.67 Å². The molecule has 0 aliphatic rings. The van der Waals surface area contributed by atoms with Crippen molar-refractivity contribution in [2.75, 3.05) is 17.2 Å². The number of nitrogens with zero attached hydrogens (tertiary/aromatic N) is 4. The molecule has 1 heterocycles. The molecular weight excluding hydrogens is 250 g/mol. The van der Waals surface area contributed by atoms with Crippen LogP contribution in [0.5, 0.6) is 0 Å². The van der Waals surface area contributed by atoms with Gasteiger partial charge >= 0.3 is 0 Å². The summed E-state index contributed by atoms with van der Waals surface area (Å²) >= 11 is 0. The number of anilines is 2. The van der Waals surface area contributed by atoms with E-state index in [0.29, 0.717) is 5.92 Å². The third kappa shape index (κ3) is 3.29. The molecule has 2 aromatic rings. The molecule has 0 saturated heterocycles. The zero-order chi connectivity index (χ0) is 14.5. The highest BCUT2D eigenvalue weighted by atomic mass is 15.3. The number of nitrogen functional groups attached to an aromatic ring is 1. The Morgan fingerprint density at radius 2 is 2.05 bits per heavy atom. The van der Waals surface area contributed by atoms with Gasteiger partial charge in [-0.2, -0.15) is 5.10 Å². The predicted octanol–water partition coefficient (Wildman–Crippen LogP) is 2.54. The van der Waals surface area contributed by atoms with E-state index < -0.39 is 0 Å². The summed E-state index contributed by atoms with van der Waals surface area (Å²) in [4.78, 5) is 6.60.